The van der Waals surface area contributed by atoms with Crippen molar-refractivity contribution in [3.63, 3.8) is 0 Å². The van der Waals surface area contributed by atoms with Crippen LogP contribution in [-0.2, 0) is 19.6 Å². The first-order chi connectivity index (χ1) is 15.7. The number of rotatable bonds is 6. The van der Waals surface area contributed by atoms with Gasteiger partial charge in [-0.1, -0.05) is 6.07 Å². The van der Waals surface area contributed by atoms with E-state index in [1.165, 1.54) is 36.7 Å². The minimum atomic E-state index is -3.87. The maximum atomic E-state index is 12.8. The van der Waals surface area contributed by atoms with Crippen molar-refractivity contribution in [2.24, 2.45) is 5.92 Å². The molecule has 33 heavy (non-hydrogen) atoms. The van der Waals surface area contributed by atoms with E-state index in [4.69, 9.17) is 0 Å². The van der Waals surface area contributed by atoms with E-state index in [9.17, 15) is 18.0 Å². The number of nitrogens with one attached hydrogen (secondary N) is 2. The molecule has 170 valence electrons. The molecule has 9 nitrogen and oxygen atoms in total. The molecule has 0 bridgehead atoms. The van der Waals surface area contributed by atoms with E-state index >= 15 is 0 Å². The number of aryl methyl sites for hydroxylation is 2. The van der Waals surface area contributed by atoms with E-state index in [0.29, 0.717) is 12.2 Å². The number of hydrogen-bond donors (Lipinski definition) is 2. The van der Waals surface area contributed by atoms with E-state index in [1.54, 1.807) is 11.0 Å². The van der Waals surface area contributed by atoms with E-state index in [-0.39, 0.29) is 29.1 Å². The lowest BCUT2D eigenvalue weighted by atomic mass is 10.1. The summed E-state index contributed by atoms with van der Waals surface area (Å²) in [6, 6.07) is 13.2. The topological polar surface area (TPSA) is 121 Å². The van der Waals surface area contributed by atoms with Gasteiger partial charge in [-0.3, -0.25) is 9.59 Å². The molecule has 0 saturated carbocycles. The summed E-state index contributed by atoms with van der Waals surface area (Å²) in [5, 5.41) is 2.77. The molecule has 1 aliphatic rings. The molecule has 1 aliphatic heterocycles. The molecular formula is C23H23N5O4S. The van der Waals surface area contributed by atoms with Crippen molar-refractivity contribution >= 4 is 39.2 Å². The minimum Gasteiger partial charge on any atom is -0.326 e. The van der Waals surface area contributed by atoms with E-state index in [0.717, 1.165) is 16.8 Å². The number of aromatic nitrogens is 2. The highest BCUT2D eigenvalue weighted by Gasteiger charge is 2.35. The number of sulfonamides is 1. The minimum absolute atomic E-state index is 0.00462. The highest BCUT2D eigenvalue weighted by atomic mass is 32.2. The van der Waals surface area contributed by atoms with Crippen molar-refractivity contribution in [1.29, 1.82) is 0 Å². The third-order valence-corrected chi connectivity index (χ3v) is 6.58. The van der Waals surface area contributed by atoms with Gasteiger partial charge in [0.2, 0.25) is 17.8 Å². The molecule has 2 heterocycles. The standard InChI is InChI=1S/C23H23N5O4S/c1-15-10-16(2)12-19(11-15)28-14-17(13-21(28)29)22(30)26-18-4-6-20(7-5-18)33(31,32)27-23-24-8-3-9-25-23/h3-12,17H,13-14H2,1-2H3,(H,26,30)(H,24,25,27). The van der Waals surface area contributed by atoms with Crippen LogP contribution < -0.4 is 14.9 Å². The number of amides is 2. The van der Waals surface area contributed by atoms with Crippen LogP contribution in [0.1, 0.15) is 17.5 Å². The summed E-state index contributed by atoms with van der Waals surface area (Å²) in [6.07, 6.45) is 2.98. The van der Waals surface area contributed by atoms with Crippen LogP contribution in [0.4, 0.5) is 17.3 Å². The van der Waals surface area contributed by atoms with Crippen molar-refractivity contribution in [2.45, 2.75) is 25.2 Å². The summed E-state index contributed by atoms with van der Waals surface area (Å²) in [4.78, 5) is 34.6. The van der Waals surface area contributed by atoms with Gasteiger partial charge in [-0.15, -0.1) is 0 Å². The Balaban J connectivity index is 1.41. The summed E-state index contributed by atoms with van der Waals surface area (Å²) in [6.45, 7) is 4.22. The summed E-state index contributed by atoms with van der Waals surface area (Å²) in [5.74, 6) is -0.926. The molecule has 3 aromatic rings. The summed E-state index contributed by atoms with van der Waals surface area (Å²) in [5.41, 5.74) is 3.33. The molecule has 2 aromatic carbocycles. The fourth-order valence-electron chi connectivity index (χ4n) is 3.73. The van der Waals surface area contributed by atoms with Crippen LogP contribution in [0.2, 0.25) is 0 Å². The summed E-state index contributed by atoms with van der Waals surface area (Å²) >= 11 is 0. The largest absolute Gasteiger partial charge is 0.326 e. The van der Waals surface area contributed by atoms with Gasteiger partial charge in [0.15, 0.2) is 0 Å². The summed E-state index contributed by atoms with van der Waals surface area (Å²) < 4.78 is 27.2. The fourth-order valence-corrected chi connectivity index (χ4v) is 4.69. The number of carbonyl (C=O) groups is 2. The molecule has 1 saturated heterocycles. The lowest BCUT2D eigenvalue weighted by molar-refractivity contribution is -0.122. The van der Waals surface area contributed by atoms with Gasteiger partial charge in [-0.2, -0.15) is 0 Å². The van der Waals surface area contributed by atoms with Gasteiger partial charge >= 0.3 is 0 Å². The Labute approximate surface area is 191 Å². The average Bonchev–Trinajstić information content (AvgIpc) is 3.16. The molecule has 1 atom stereocenters. The van der Waals surface area contributed by atoms with Crippen molar-refractivity contribution in [1.82, 2.24) is 9.97 Å². The second kappa shape index (κ2) is 8.99. The van der Waals surface area contributed by atoms with Gasteiger partial charge in [0.25, 0.3) is 10.0 Å². The number of nitrogens with zero attached hydrogens (tertiary/aromatic N) is 3. The highest BCUT2D eigenvalue weighted by Crippen LogP contribution is 2.28. The Bertz CT molecular complexity index is 1270. The Morgan fingerprint density at radius 1 is 1.03 bits per heavy atom. The van der Waals surface area contributed by atoms with Crippen LogP contribution in [0.25, 0.3) is 0 Å². The van der Waals surface area contributed by atoms with Crippen LogP contribution >= 0.6 is 0 Å². The Hall–Kier alpha value is -3.79. The second-order valence-corrected chi connectivity index (χ2v) is 9.63. The SMILES string of the molecule is Cc1cc(C)cc(N2CC(C(=O)Nc3ccc(S(=O)(=O)Nc4ncccn4)cc3)CC2=O)c1. The van der Waals surface area contributed by atoms with Crippen molar-refractivity contribution in [2.75, 3.05) is 21.5 Å². The van der Waals surface area contributed by atoms with E-state index < -0.39 is 15.9 Å². The van der Waals surface area contributed by atoms with Gasteiger partial charge in [0, 0.05) is 36.7 Å². The zero-order valence-corrected chi connectivity index (χ0v) is 19.0. The van der Waals surface area contributed by atoms with Gasteiger partial charge < -0.3 is 10.2 Å². The maximum Gasteiger partial charge on any atom is 0.264 e. The molecule has 0 radical (unpaired) electrons. The maximum absolute atomic E-state index is 12.8. The van der Waals surface area contributed by atoms with Gasteiger partial charge in [0.1, 0.15) is 0 Å². The van der Waals surface area contributed by atoms with Gasteiger partial charge in [0.05, 0.1) is 10.8 Å². The first kappa shape index (κ1) is 22.4. The number of hydrogen-bond acceptors (Lipinski definition) is 6. The van der Waals surface area contributed by atoms with Crippen molar-refractivity contribution in [3.05, 3.63) is 72.1 Å². The van der Waals surface area contributed by atoms with Crippen LogP contribution in [0.15, 0.2) is 65.8 Å². The monoisotopic (exact) mass is 465 g/mol. The molecule has 1 aromatic heterocycles. The zero-order chi connectivity index (χ0) is 23.6. The molecule has 0 aliphatic carbocycles. The van der Waals surface area contributed by atoms with Crippen LogP contribution in [-0.4, -0.2) is 36.7 Å². The van der Waals surface area contributed by atoms with E-state index in [1.807, 2.05) is 32.0 Å². The molecule has 2 N–H and O–H groups in total. The molecule has 0 spiro atoms. The van der Waals surface area contributed by atoms with Crippen molar-refractivity contribution in [3.8, 4) is 0 Å². The Kier molecular flexibility index (Phi) is 6.10. The molecular weight excluding hydrogens is 442 g/mol. The average molecular weight is 466 g/mol. The third-order valence-electron chi connectivity index (χ3n) is 5.24. The van der Waals surface area contributed by atoms with E-state index in [2.05, 4.69) is 20.0 Å². The predicted molar refractivity (Wildman–Crippen MR) is 124 cm³/mol. The quantitative estimate of drug-likeness (QED) is 0.577. The Morgan fingerprint density at radius 3 is 2.30 bits per heavy atom. The molecule has 2 amide bonds. The lowest BCUT2D eigenvalue weighted by Crippen LogP contribution is -2.28. The molecule has 1 fully saturated rings. The second-order valence-electron chi connectivity index (χ2n) is 7.94. The molecule has 10 heteroatoms. The third kappa shape index (κ3) is 5.17. The Morgan fingerprint density at radius 2 is 1.67 bits per heavy atom. The van der Waals surface area contributed by atoms with Crippen LogP contribution in [0.3, 0.4) is 0 Å². The first-order valence-corrected chi connectivity index (χ1v) is 11.8. The fraction of sp³-hybridized carbons (Fsp3) is 0.217. The molecule has 4 rings (SSSR count). The van der Waals surface area contributed by atoms with Crippen LogP contribution in [0, 0.1) is 19.8 Å². The first-order valence-electron chi connectivity index (χ1n) is 10.3. The lowest BCUT2D eigenvalue weighted by Gasteiger charge is -2.18. The van der Waals surface area contributed by atoms with Crippen LogP contribution in [0.5, 0.6) is 0 Å². The van der Waals surface area contributed by atoms with Crippen molar-refractivity contribution < 1.29 is 18.0 Å². The highest BCUT2D eigenvalue weighted by molar-refractivity contribution is 7.92. The number of benzene rings is 2. The van der Waals surface area contributed by atoms with Gasteiger partial charge in [-0.25, -0.2) is 23.1 Å². The smallest absolute Gasteiger partial charge is 0.264 e. The number of anilines is 3. The van der Waals surface area contributed by atoms with Gasteiger partial charge in [-0.05, 0) is 67.4 Å². The number of carbonyl (C=O) groups excluding carboxylic acids is 2. The summed E-state index contributed by atoms with van der Waals surface area (Å²) in [7, 11) is -3.87. The predicted octanol–water partition coefficient (Wildman–Crippen LogP) is 2.89. The zero-order valence-electron chi connectivity index (χ0n) is 18.1. The molecule has 1 unspecified atom stereocenters. The normalized spacial score (nSPS) is 16.0.